The summed E-state index contributed by atoms with van der Waals surface area (Å²) < 4.78 is 116. The van der Waals surface area contributed by atoms with Crippen molar-refractivity contribution in [2.75, 3.05) is 46.5 Å². The lowest BCUT2D eigenvalue weighted by Gasteiger charge is -2.14. The zero-order valence-electron chi connectivity index (χ0n) is 27.4. The van der Waals surface area contributed by atoms with Crippen LogP contribution in [0.15, 0.2) is 72.7 Å². The lowest BCUT2D eigenvalue weighted by Crippen LogP contribution is -2.16. The predicted octanol–water partition coefficient (Wildman–Crippen LogP) is 5.14. The van der Waals surface area contributed by atoms with Gasteiger partial charge in [0.15, 0.2) is 15.6 Å². The van der Waals surface area contributed by atoms with Crippen LogP contribution < -0.4 is 24.7 Å². The molecule has 22 heteroatoms. The maximum absolute atomic E-state index is 12.9. The van der Waals surface area contributed by atoms with Crippen molar-refractivity contribution in [3.05, 3.63) is 48.0 Å². The van der Waals surface area contributed by atoms with E-state index in [2.05, 4.69) is 24.6 Å². The van der Waals surface area contributed by atoms with Crippen molar-refractivity contribution in [2.24, 2.45) is 20.5 Å². The molecule has 5 N–H and O–H groups in total. The Kier molecular flexibility index (Phi) is 11.4. The number of hydrogen-bond donors (Lipinski definition) is 4. The molecule has 0 saturated heterocycles. The van der Waals surface area contributed by atoms with Crippen LogP contribution in [0, 0.1) is 6.92 Å². The summed E-state index contributed by atoms with van der Waals surface area (Å²) in [5.41, 5.74) is 6.01. The van der Waals surface area contributed by atoms with E-state index >= 15 is 0 Å². The fourth-order valence-electron chi connectivity index (χ4n) is 4.70. The lowest BCUT2D eigenvalue weighted by molar-refractivity contribution is 0.283. The van der Waals surface area contributed by atoms with Gasteiger partial charge in [-0.3, -0.25) is 9.11 Å². The van der Waals surface area contributed by atoms with Crippen LogP contribution >= 0.6 is 0 Å². The molecule has 0 aliphatic rings. The number of sulfone groups is 1. The van der Waals surface area contributed by atoms with Crippen molar-refractivity contribution in [2.45, 2.75) is 16.7 Å². The minimum Gasteiger partial charge on any atom is -0.505 e. The maximum Gasteiger partial charge on any atom is 0.397 e. The van der Waals surface area contributed by atoms with Gasteiger partial charge in [-0.25, -0.2) is 12.6 Å². The molecule has 0 unspecified atom stereocenters. The third kappa shape index (κ3) is 8.61. The Morgan fingerprint density at radius 2 is 1.24 bits per heavy atom. The molecular weight excluding hydrogens is 739 g/mol. The summed E-state index contributed by atoms with van der Waals surface area (Å²) in [7, 11) is -9.03. The van der Waals surface area contributed by atoms with Gasteiger partial charge in [-0.05, 0) is 36.1 Å². The second-order valence-corrected chi connectivity index (χ2v) is 14.8. The van der Waals surface area contributed by atoms with Crippen molar-refractivity contribution in [3.63, 3.8) is 0 Å². The number of phenolic OH excluding ortho intramolecular Hbond substituents is 1. The maximum atomic E-state index is 12.9. The number of ether oxygens (including phenoxy) is 4. The Morgan fingerprint density at radius 3 is 1.80 bits per heavy atom. The molecule has 0 amide bonds. The number of benzene rings is 4. The molecule has 0 aliphatic carbocycles. The van der Waals surface area contributed by atoms with Crippen LogP contribution in [-0.2, 0) is 34.5 Å². The van der Waals surface area contributed by atoms with Gasteiger partial charge in [0.05, 0.1) is 51.9 Å². The standard InChI is InChI=1S/C29H31N5O14S3/c1-15-10-21(45-3)18(12-20(15)44-2)32-31-17-7-6-16-11-25(50(38,39)40)28(27(30)26(16)29(17)35)34-33-19-13-23(47-5)24(14-22(19)46-4)49(36,37)9-8-48-51(41,42)43/h6-7,10-14,35H,8-9,30H2,1-5H3,(H,38,39,40)(H,41,42,43). The molecule has 0 aliphatic heterocycles. The first-order valence-corrected chi connectivity index (χ1v) is 18.5. The van der Waals surface area contributed by atoms with Crippen molar-refractivity contribution in [1.82, 2.24) is 0 Å². The Hall–Kier alpha value is -5.13. The monoisotopic (exact) mass is 769 g/mol. The van der Waals surface area contributed by atoms with Crippen LogP contribution in [0.5, 0.6) is 28.7 Å². The van der Waals surface area contributed by atoms with Gasteiger partial charge < -0.3 is 29.8 Å². The van der Waals surface area contributed by atoms with Crippen molar-refractivity contribution >= 4 is 69.6 Å². The SMILES string of the molecule is COc1cc(N=Nc2ccc3cc(S(=O)(=O)O)c(N=Nc4cc(OC)c(S(=O)(=O)CCOS(=O)(=O)O)cc4OC)c(N)c3c2O)c(OC)cc1C. The van der Waals surface area contributed by atoms with Gasteiger partial charge in [0.2, 0.25) is 0 Å². The number of anilines is 1. The van der Waals surface area contributed by atoms with E-state index in [0.717, 1.165) is 38.0 Å². The third-order valence-electron chi connectivity index (χ3n) is 7.12. The molecule has 4 aromatic carbocycles. The Balaban J connectivity index is 1.84. The van der Waals surface area contributed by atoms with E-state index in [1.165, 1.54) is 26.4 Å². The third-order valence-corrected chi connectivity index (χ3v) is 10.1. The van der Waals surface area contributed by atoms with Crippen LogP contribution in [-0.4, -0.2) is 80.3 Å². The normalized spacial score (nSPS) is 12.5. The molecule has 0 radical (unpaired) electrons. The molecule has 274 valence electrons. The van der Waals surface area contributed by atoms with Gasteiger partial charge in [0, 0.05) is 18.2 Å². The number of azo groups is 2. The molecular formula is C29H31N5O14S3. The number of nitrogens with two attached hydrogens (primary N) is 1. The van der Waals surface area contributed by atoms with E-state index in [9.17, 15) is 34.9 Å². The minimum absolute atomic E-state index is 0.0666. The van der Waals surface area contributed by atoms with E-state index < -0.39 is 69.6 Å². The van der Waals surface area contributed by atoms with E-state index in [1.54, 1.807) is 19.1 Å². The number of methoxy groups -OCH3 is 4. The average Bonchev–Trinajstić information content (AvgIpc) is 3.05. The summed E-state index contributed by atoms with van der Waals surface area (Å²) in [6.07, 6.45) is 0. The van der Waals surface area contributed by atoms with Gasteiger partial charge in [-0.15, -0.1) is 20.5 Å². The summed E-state index contributed by atoms with van der Waals surface area (Å²) in [5.74, 6) is -1.10. The summed E-state index contributed by atoms with van der Waals surface area (Å²) in [6, 6.07) is 8.99. The molecule has 0 fully saturated rings. The molecule has 4 rings (SSSR count). The number of hydrogen-bond acceptors (Lipinski definition) is 17. The number of aromatic hydroxyl groups is 1. The van der Waals surface area contributed by atoms with Crippen LogP contribution in [0.4, 0.5) is 28.4 Å². The molecule has 0 spiro atoms. The lowest BCUT2D eigenvalue weighted by atomic mass is 10.1. The summed E-state index contributed by atoms with van der Waals surface area (Å²) >= 11 is 0. The Bertz CT molecular complexity index is 2400. The van der Waals surface area contributed by atoms with Crippen molar-refractivity contribution in [3.8, 4) is 28.7 Å². The van der Waals surface area contributed by atoms with E-state index in [-0.39, 0.29) is 39.3 Å². The van der Waals surface area contributed by atoms with Gasteiger partial charge in [0.1, 0.15) is 55.5 Å². The fourth-order valence-corrected chi connectivity index (χ4v) is 7.03. The van der Waals surface area contributed by atoms with Crippen LogP contribution in [0.1, 0.15) is 5.56 Å². The average molecular weight is 770 g/mol. The van der Waals surface area contributed by atoms with Crippen molar-refractivity contribution in [1.29, 1.82) is 0 Å². The quantitative estimate of drug-likeness (QED) is 0.0733. The molecule has 4 aromatic rings. The van der Waals surface area contributed by atoms with E-state index in [1.807, 2.05) is 0 Å². The zero-order valence-corrected chi connectivity index (χ0v) is 29.8. The number of fused-ring (bicyclic) bond motifs is 1. The number of phenols is 1. The minimum atomic E-state index is -5.00. The summed E-state index contributed by atoms with van der Waals surface area (Å²) in [4.78, 5) is -1.26. The fraction of sp³-hybridized carbons (Fsp3) is 0.241. The number of nitrogens with zero attached hydrogens (tertiary/aromatic N) is 4. The summed E-state index contributed by atoms with van der Waals surface area (Å²) in [6.45, 7) is 0.886. The second kappa shape index (κ2) is 15.0. The largest absolute Gasteiger partial charge is 0.505 e. The van der Waals surface area contributed by atoms with Crippen molar-refractivity contribution < 1.29 is 62.6 Å². The van der Waals surface area contributed by atoms with E-state index in [4.69, 9.17) is 29.2 Å². The molecule has 0 atom stereocenters. The molecule has 0 saturated carbocycles. The first-order valence-electron chi connectivity index (χ1n) is 14.1. The van der Waals surface area contributed by atoms with Gasteiger partial charge in [-0.1, -0.05) is 6.07 Å². The van der Waals surface area contributed by atoms with E-state index in [0.29, 0.717) is 11.5 Å². The molecule has 0 bridgehead atoms. The highest BCUT2D eigenvalue weighted by Gasteiger charge is 2.26. The molecule has 19 nitrogen and oxygen atoms in total. The van der Waals surface area contributed by atoms with Crippen LogP contribution in [0.2, 0.25) is 0 Å². The van der Waals surface area contributed by atoms with Gasteiger partial charge in [0.25, 0.3) is 10.1 Å². The first kappa shape index (κ1) is 38.7. The second-order valence-electron chi connectivity index (χ2n) is 10.3. The highest BCUT2D eigenvalue weighted by Crippen LogP contribution is 2.47. The summed E-state index contributed by atoms with van der Waals surface area (Å²) in [5, 5.41) is 27.3. The smallest absolute Gasteiger partial charge is 0.397 e. The first-order chi connectivity index (χ1) is 23.8. The molecule has 51 heavy (non-hydrogen) atoms. The topological polar surface area (TPSA) is 285 Å². The molecule has 0 aromatic heterocycles. The van der Waals surface area contributed by atoms with Crippen LogP contribution in [0.3, 0.4) is 0 Å². The number of aryl methyl sites for hydroxylation is 1. The Morgan fingerprint density at radius 1 is 0.686 bits per heavy atom. The zero-order chi connectivity index (χ0) is 37.9. The predicted molar refractivity (Wildman–Crippen MR) is 182 cm³/mol. The number of rotatable bonds is 14. The highest BCUT2D eigenvalue weighted by atomic mass is 32.3. The van der Waals surface area contributed by atoms with Gasteiger partial charge in [-0.2, -0.15) is 16.8 Å². The van der Waals surface area contributed by atoms with Gasteiger partial charge >= 0.3 is 10.4 Å². The van der Waals surface area contributed by atoms with Crippen LogP contribution in [0.25, 0.3) is 10.8 Å². The number of nitrogen functional groups attached to an aromatic ring is 1. The highest BCUT2D eigenvalue weighted by molar-refractivity contribution is 7.91. The molecule has 0 heterocycles. The Labute approximate surface area is 291 Å².